The van der Waals surface area contributed by atoms with E-state index in [0.29, 0.717) is 22.6 Å². The number of allylic oxidation sites excluding steroid dienone is 1. The monoisotopic (exact) mass is 590 g/mol. The van der Waals surface area contributed by atoms with E-state index in [1.54, 1.807) is 79.9 Å². The smallest absolute Gasteiger partial charge is 0.337 e. The number of esters is 1. The minimum Gasteiger partial charge on any atom is -0.497 e. The number of hydrogen-bond donors (Lipinski definition) is 1. The zero-order valence-corrected chi connectivity index (χ0v) is 24.0. The predicted molar refractivity (Wildman–Crippen MR) is 157 cm³/mol. The first-order chi connectivity index (χ1) is 19.7. The summed E-state index contributed by atoms with van der Waals surface area (Å²) in [6.07, 6.45) is 1.65. The summed E-state index contributed by atoms with van der Waals surface area (Å²) >= 11 is 1.03. The zero-order valence-electron chi connectivity index (χ0n) is 22.4. The Bertz CT molecular complexity index is 1940. The fourth-order valence-electron chi connectivity index (χ4n) is 4.69. The van der Waals surface area contributed by atoms with Crippen LogP contribution in [0.1, 0.15) is 17.0 Å². The lowest BCUT2D eigenvalue weighted by Gasteiger charge is -2.28. The molecule has 0 spiro atoms. The van der Waals surface area contributed by atoms with Gasteiger partial charge in [0.15, 0.2) is 0 Å². The van der Waals surface area contributed by atoms with Crippen molar-refractivity contribution in [3.05, 3.63) is 114 Å². The third kappa shape index (κ3) is 4.94. The number of fused-ring (bicyclic) bond motifs is 1. The van der Waals surface area contributed by atoms with Crippen molar-refractivity contribution in [3.8, 4) is 11.5 Å². The third-order valence-electron chi connectivity index (χ3n) is 6.71. The molecular weight excluding hydrogens is 564 g/mol. The van der Waals surface area contributed by atoms with Crippen LogP contribution in [0.15, 0.2) is 93.5 Å². The molecule has 1 atom stereocenters. The van der Waals surface area contributed by atoms with E-state index in [0.717, 1.165) is 15.9 Å². The molecule has 3 aromatic carbocycles. The molecule has 0 radical (unpaired) electrons. The SMILES string of the molecule is COC(=O)C1=c2s/c(=C\c3ccc(OC)cc3)c(=O)n2C(N)=C(S(=O)(=O)c2ccccc2)C1c1ccc(OC)cc1. The van der Waals surface area contributed by atoms with Crippen LogP contribution < -0.4 is 30.0 Å². The van der Waals surface area contributed by atoms with E-state index in [-0.39, 0.29) is 30.4 Å². The second-order valence-corrected chi connectivity index (χ2v) is 12.0. The van der Waals surface area contributed by atoms with Crippen molar-refractivity contribution in [2.24, 2.45) is 5.73 Å². The van der Waals surface area contributed by atoms with Crippen LogP contribution in [0, 0.1) is 0 Å². The summed E-state index contributed by atoms with van der Waals surface area (Å²) in [5.74, 6) is -1.04. The number of rotatable bonds is 7. The van der Waals surface area contributed by atoms with E-state index in [1.165, 1.54) is 26.4 Å². The maximum atomic E-state index is 14.2. The fourth-order valence-corrected chi connectivity index (χ4v) is 7.56. The lowest BCUT2D eigenvalue weighted by molar-refractivity contribution is -0.134. The van der Waals surface area contributed by atoms with Crippen LogP contribution in [0.2, 0.25) is 0 Å². The number of benzene rings is 3. The molecule has 9 nitrogen and oxygen atoms in total. The van der Waals surface area contributed by atoms with Crippen LogP contribution in [0.4, 0.5) is 0 Å². The van der Waals surface area contributed by atoms with Gasteiger partial charge in [0.2, 0.25) is 9.84 Å². The van der Waals surface area contributed by atoms with Gasteiger partial charge < -0.3 is 19.9 Å². The Morgan fingerprint density at radius 3 is 2.05 bits per heavy atom. The van der Waals surface area contributed by atoms with Gasteiger partial charge >= 0.3 is 5.97 Å². The number of nitrogens with two attached hydrogens (primary N) is 1. The summed E-state index contributed by atoms with van der Waals surface area (Å²) in [7, 11) is -0.0343. The molecule has 2 N–H and O–H groups in total. The molecular formula is C30H26N2O7S2. The van der Waals surface area contributed by atoms with E-state index >= 15 is 0 Å². The van der Waals surface area contributed by atoms with Crippen molar-refractivity contribution < 1.29 is 27.4 Å². The van der Waals surface area contributed by atoms with E-state index in [4.69, 9.17) is 19.9 Å². The number of hydrogen-bond acceptors (Lipinski definition) is 9. The molecule has 41 heavy (non-hydrogen) atoms. The summed E-state index contributed by atoms with van der Waals surface area (Å²) in [5.41, 5.74) is 7.18. The van der Waals surface area contributed by atoms with Gasteiger partial charge in [0, 0.05) is 0 Å². The van der Waals surface area contributed by atoms with Crippen LogP contribution in [0.25, 0.3) is 17.5 Å². The average Bonchev–Trinajstić information content (AvgIpc) is 3.32. The van der Waals surface area contributed by atoms with Gasteiger partial charge in [-0.25, -0.2) is 13.2 Å². The highest BCUT2D eigenvalue weighted by Gasteiger charge is 2.42. The van der Waals surface area contributed by atoms with Gasteiger partial charge in [0.05, 0.1) is 42.2 Å². The first kappa shape index (κ1) is 27.9. The average molecular weight is 591 g/mol. The number of sulfone groups is 1. The highest BCUT2D eigenvalue weighted by Crippen LogP contribution is 2.42. The Labute approximate surface area is 240 Å². The van der Waals surface area contributed by atoms with Gasteiger partial charge in [0.1, 0.15) is 26.9 Å². The van der Waals surface area contributed by atoms with E-state index in [1.807, 2.05) is 0 Å². The summed E-state index contributed by atoms with van der Waals surface area (Å²) in [6.45, 7) is 0. The number of ether oxygens (including phenoxy) is 3. The molecule has 1 aromatic heterocycles. The molecule has 0 amide bonds. The lowest BCUT2D eigenvalue weighted by Crippen LogP contribution is -2.41. The number of carbonyl (C=O) groups excluding carboxylic acids is 1. The maximum Gasteiger partial charge on any atom is 0.337 e. The standard InChI is InChI=1S/C30H26N2O7S2/c1-37-20-13-9-18(10-14-20)17-23-28(33)32-27(31)26(41(35,36)22-7-5-4-6-8-22)24(19-11-15-21(38-2)16-12-19)25(29(32)40-23)30(34)39-3/h4-17,24H,31H2,1-3H3/b23-17-. The number of aromatic nitrogens is 1. The van der Waals surface area contributed by atoms with Crippen molar-refractivity contribution in [1.82, 2.24) is 4.57 Å². The second kappa shape index (κ2) is 11.1. The minimum absolute atomic E-state index is 0.0159. The molecule has 1 unspecified atom stereocenters. The van der Waals surface area contributed by atoms with E-state index in [2.05, 4.69) is 0 Å². The van der Waals surface area contributed by atoms with Crippen LogP contribution in [0.3, 0.4) is 0 Å². The quantitative estimate of drug-likeness (QED) is 0.325. The van der Waals surface area contributed by atoms with E-state index in [9.17, 15) is 18.0 Å². The second-order valence-electron chi connectivity index (χ2n) is 9.01. The molecule has 2 heterocycles. The topological polar surface area (TPSA) is 127 Å². The zero-order chi connectivity index (χ0) is 29.3. The first-order valence-corrected chi connectivity index (χ1v) is 14.7. The van der Waals surface area contributed by atoms with Crippen molar-refractivity contribution in [2.75, 3.05) is 21.3 Å². The Kier molecular flexibility index (Phi) is 7.57. The molecule has 1 aliphatic rings. The van der Waals surface area contributed by atoms with Gasteiger partial charge in [0.25, 0.3) is 5.56 Å². The molecule has 210 valence electrons. The third-order valence-corrected chi connectivity index (χ3v) is 9.73. The molecule has 4 aromatic rings. The van der Waals surface area contributed by atoms with Crippen LogP contribution in [0.5, 0.6) is 11.5 Å². The Morgan fingerprint density at radius 2 is 1.49 bits per heavy atom. The van der Waals surface area contributed by atoms with Crippen LogP contribution >= 0.6 is 11.3 Å². The van der Waals surface area contributed by atoms with Crippen molar-refractivity contribution in [3.63, 3.8) is 0 Å². The highest BCUT2D eigenvalue weighted by molar-refractivity contribution is 7.95. The lowest BCUT2D eigenvalue weighted by atomic mass is 9.89. The number of nitrogens with zero attached hydrogens (tertiary/aromatic N) is 1. The predicted octanol–water partition coefficient (Wildman–Crippen LogP) is 2.44. The molecule has 0 aliphatic carbocycles. The summed E-state index contributed by atoms with van der Waals surface area (Å²) in [5, 5.41) is 0. The Hall–Kier alpha value is -4.61. The molecule has 1 aliphatic heterocycles. The minimum atomic E-state index is -4.30. The van der Waals surface area contributed by atoms with Gasteiger partial charge in [-0.15, -0.1) is 11.3 Å². The maximum absolute atomic E-state index is 14.2. The molecule has 0 saturated carbocycles. The molecule has 0 saturated heterocycles. The van der Waals surface area contributed by atoms with Crippen LogP contribution in [-0.2, 0) is 19.4 Å². The summed E-state index contributed by atoms with van der Waals surface area (Å²) < 4.78 is 45.5. The molecule has 0 bridgehead atoms. The summed E-state index contributed by atoms with van der Waals surface area (Å²) in [6, 6.07) is 21.4. The van der Waals surface area contributed by atoms with Crippen molar-refractivity contribution >= 4 is 44.6 Å². The van der Waals surface area contributed by atoms with Gasteiger partial charge in [-0.2, -0.15) is 0 Å². The molecule has 0 fully saturated rings. The summed E-state index contributed by atoms with van der Waals surface area (Å²) in [4.78, 5) is 26.9. The van der Waals surface area contributed by atoms with Crippen LogP contribution in [-0.4, -0.2) is 40.3 Å². The van der Waals surface area contributed by atoms with Crippen molar-refractivity contribution in [2.45, 2.75) is 10.8 Å². The number of thiazole rings is 1. The molecule has 5 rings (SSSR count). The largest absolute Gasteiger partial charge is 0.497 e. The Balaban J connectivity index is 1.88. The van der Waals surface area contributed by atoms with Gasteiger partial charge in [-0.1, -0.05) is 42.5 Å². The van der Waals surface area contributed by atoms with Gasteiger partial charge in [-0.3, -0.25) is 9.36 Å². The number of methoxy groups -OCH3 is 3. The number of carbonyl (C=O) groups is 1. The highest BCUT2D eigenvalue weighted by atomic mass is 32.2. The normalized spacial score (nSPS) is 15.4. The fraction of sp³-hybridized carbons (Fsp3) is 0.133. The van der Waals surface area contributed by atoms with E-state index < -0.39 is 27.3 Å². The first-order valence-electron chi connectivity index (χ1n) is 12.4. The van der Waals surface area contributed by atoms with Crippen molar-refractivity contribution in [1.29, 1.82) is 0 Å². The Morgan fingerprint density at radius 1 is 0.902 bits per heavy atom. The molecule has 11 heteroatoms. The van der Waals surface area contributed by atoms with Gasteiger partial charge in [-0.05, 0) is 53.6 Å².